The molecule has 0 aliphatic carbocycles. The number of amides is 1. The van der Waals surface area contributed by atoms with E-state index in [9.17, 15) is 4.79 Å². The third kappa shape index (κ3) is 4.56. The minimum Gasteiger partial charge on any atom is -0.484 e. The molecule has 0 atom stereocenters. The van der Waals surface area contributed by atoms with Gasteiger partial charge in [-0.15, -0.1) is 0 Å². The molecule has 4 rings (SSSR count). The monoisotopic (exact) mass is 373 g/mol. The number of carbonyl (C=O) groups is 1. The first-order chi connectivity index (χ1) is 13.8. The zero-order valence-electron chi connectivity index (χ0n) is 15.7. The second-order valence-corrected chi connectivity index (χ2v) is 6.92. The number of aromatic nitrogens is 1. The van der Waals surface area contributed by atoms with Crippen LogP contribution in [0.3, 0.4) is 0 Å². The summed E-state index contributed by atoms with van der Waals surface area (Å²) in [5, 5.41) is 2.96. The minimum atomic E-state index is -0.175. The number of carbonyl (C=O) groups excluding carboxylic acids is 1. The topological polar surface area (TPSA) is 54.5 Å². The molecule has 5 heteroatoms. The summed E-state index contributed by atoms with van der Waals surface area (Å²) in [5.74, 6) is 0.508. The molecule has 1 aliphatic heterocycles. The van der Waals surface area contributed by atoms with E-state index in [0.29, 0.717) is 5.75 Å². The smallest absolute Gasteiger partial charge is 0.262 e. The highest BCUT2D eigenvalue weighted by Crippen LogP contribution is 2.26. The van der Waals surface area contributed by atoms with Crippen molar-refractivity contribution in [1.82, 2.24) is 9.88 Å². The molecule has 0 saturated carbocycles. The second kappa shape index (κ2) is 8.67. The number of nitrogens with one attached hydrogen (secondary N) is 1. The van der Waals surface area contributed by atoms with Crippen molar-refractivity contribution < 1.29 is 9.53 Å². The van der Waals surface area contributed by atoms with E-state index >= 15 is 0 Å². The Morgan fingerprint density at radius 2 is 1.79 bits per heavy atom. The summed E-state index contributed by atoms with van der Waals surface area (Å²) in [6.45, 7) is 2.69. The van der Waals surface area contributed by atoms with Gasteiger partial charge in [0, 0.05) is 25.8 Å². The van der Waals surface area contributed by atoms with Gasteiger partial charge in [0.15, 0.2) is 6.61 Å². The van der Waals surface area contributed by atoms with E-state index in [2.05, 4.69) is 39.5 Å². The highest BCUT2D eigenvalue weighted by atomic mass is 16.5. The number of fused-ring (bicyclic) bond motifs is 1. The molecule has 2 aromatic carbocycles. The summed E-state index contributed by atoms with van der Waals surface area (Å²) in [6.07, 6.45) is 4.52. The predicted molar refractivity (Wildman–Crippen MR) is 109 cm³/mol. The largest absolute Gasteiger partial charge is 0.484 e. The molecular weight excluding hydrogens is 350 g/mol. The van der Waals surface area contributed by atoms with Crippen molar-refractivity contribution in [2.24, 2.45) is 0 Å². The van der Waals surface area contributed by atoms with Crippen LogP contribution in [-0.2, 0) is 24.3 Å². The normalized spacial score (nSPS) is 13.6. The maximum absolute atomic E-state index is 12.3. The molecule has 5 nitrogen and oxygen atoms in total. The number of para-hydroxylation sites is 1. The zero-order chi connectivity index (χ0) is 19.2. The van der Waals surface area contributed by atoms with Gasteiger partial charge in [-0.05, 0) is 35.2 Å². The summed E-state index contributed by atoms with van der Waals surface area (Å²) >= 11 is 0. The third-order valence-corrected chi connectivity index (χ3v) is 4.85. The van der Waals surface area contributed by atoms with Gasteiger partial charge in [-0.2, -0.15) is 0 Å². The lowest BCUT2D eigenvalue weighted by Crippen LogP contribution is -2.31. The highest BCUT2D eigenvalue weighted by Gasteiger charge is 2.20. The Hall–Kier alpha value is -3.18. The lowest BCUT2D eigenvalue weighted by molar-refractivity contribution is -0.118. The molecule has 142 valence electrons. The molecule has 0 spiro atoms. The Labute approximate surface area is 165 Å². The van der Waals surface area contributed by atoms with Crippen LogP contribution in [0.1, 0.15) is 16.7 Å². The fourth-order valence-corrected chi connectivity index (χ4v) is 3.49. The van der Waals surface area contributed by atoms with Crippen molar-refractivity contribution >= 4 is 11.6 Å². The van der Waals surface area contributed by atoms with Crippen LogP contribution < -0.4 is 10.1 Å². The van der Waals surface area contributed by atoms with Gasteiger partial charge in [-0.1, -0.05) is 48.5 Å². The molecule has 3 aromatic rings. The number of anilines is 1. The van der Waals surface area contributed by atoms with Gasteiger partial charge in [0.1, 0.15) is 5.75 Å². The van der Waals surface area contributed by atoms with Gasteiger partial charge in [0.05, 0.1) is 11.9 Å². The summed E-state index contributed by atoms with van der Waals surface area (Å²) in [6, 6.07) is 19.8. The van der Waals surface area contributed by atoms with Crippen LogP contribution in [0.2, 0.25) is 0 Å². The summed E-state index contributed by atoms with van der Waals surface area (Å²) in [4.78, 5) is 19.0. The number of hydrogen-bond donors (Lipinski definition) is 1. The Morgan fingerprint density at radius 1 is 1.04 bits per heavy atom. The molecule has 1 amide bonds. The van der Waals surface area contributed by atoms with Crippen molar-refractivity contribution in [1.29, 1.82) is 0 Å². The predicted octanol–water partition coefficient (Wildman–Crippen LogP) is 3.66. The summed E-state index contributed by atoms with van der Waals surface area (Å²) in [7, 11) is 0. The van der Waals surface area contributed by atoms with Crippen LogP contribution in [0.4, 0.5) is 5.69 Å². The van der Waals surface area contributed by atoms with Crippen LogP contribution in [0.25, 0.3) is 0 Å². The molecule has 0 saturated heterocycles. The van der Waals surface area contributed by atoms with E-state index in [1.54, 1.807) is 6.20 Å². The molecule has 1 N–H and O–H groups in total. The van der Waals surface area contributed by atoms with E-state index in [1.165, 1.54) is 16.7 Å². The maximum atomic E-state index is 12.3. The quantitative estimate of drug-likeness (QED) is 0.716. The molecular formula is C23H23N3O2. The average Bonchev–Trinajstić information content (AvgIpc) is 2.74. The van der Waals surface area contributed by atoms with Crippen molar-refractivity contribution in [3.05, 3.63) is 89.7 Å². The van der Waals surface area contributed by atoms with E-state index in [1.807, 2.05) is 42.6 Å². The van der Waals surface area contributed by atoms with Crippen molar-refractivity contribution in [2.45, 2.75) is 19.5 Å². The Bertz CT molecular complexity index is 929. The van der Waals surface area contributed by atoms with Gasteiger partial charge in [-0.3, -0.25) is 14.7 Å². The first-order valence-corrected chi connectivity index (χ1v) is 9.47. The van der Waals surface area contributed by atoms with Gasteiger partial charge in [-0.25, -0.2) is 0 Å². The highest BCUT2D eigenvalue weighted by molar-refractivity contribution is 5.92. The van der Waals surface area contributed by atoms with Gasteiger partial charge in [0.25, 0.3) is 5.91 Å². The minimum absolute atomic E-state index is 0.0200. The van der Waals surface area contributed by atoms with Crippen molar-refractivity contribution in [3.8, 4) is 5.75 Å². The number of nitrogens with zero attached hydrogens (tertiary/aromatic N) is 2. The maximum Gasteiger partial charge on any atom is 0.262 e. The van der Waals surface area contributed by atoms with Crippen LogP contribution in [0, 0.1) is 0 Å². The Kier molecular flexibility index (Phi) is 5.64. The molecule has 28 heavy (non-hydrogen) atoms. The fourth-order valence-electron chi connectivity index (χ4n) is 3.49. The number of hydrogen-bond acceptors (Lipinski definition) is 4. The van der Waals surface area contributed by atoms with E-state index < -0.39 is 0 Å². The third-order valence-electron chi connectivity index (χ3n) is 4.85. The van der Waals surface area contributed by atoms with Crippen molar-refractivity contribution in [2.75, 3.05) is 18.5 Å². The molecule has 2 heterocycles. The second-order valence-electron chi connectivity index (χ2n) is 6.92. The average molecular weight is 373 g/mol. The van der Waals surface area contributed by atoms with E-state index in [4.69, 9.17) is 4.74 Å². The van der Waals surface area contributed by atoms with Crippen LogP contribution >= 0.6 is 0 Å². The number of benzene rings is 2. The molecule has 0 unspecified atom stereocenters. The van der Waals surface area contributed by atoms with E-state index in [-0.39, 0.29) is 12.5 Å². The Balaban J connectivity index is 1.38. The number of pyridine rings is 1. The number of rotatable bonds is 6. The molecule has 0 fully saturated rings. The van der Waals surface area contributed by atoms with Gasteiger partial charge >= 0.3 is 0 Å². The van der Waals surface area contributed by atoms with E-state index in [0.717, 1.165) is 31.7 Å². The number of ether oxygens (including phenoxy) is 1. The van der Waals surface area contributed by atoms with Gasteiger partial charge in [0.2, 0.25) is 0 Å². The molecule has 1 aliphatic rings. The fraction of sp³-hybridized carbons (Fsp3) is 0.217. The summed E-state index contributed by atoms with van der Waals surface area (Å²) < 4.78 is 5.53. The lowest BCUT2D eigenvalue weighted by Gasteiger charge is -2.29. The van der Waals surface area contributed by atoms with Crippen LogP contribution in [-0.4, -0.2) is 28.9 Å². The Morgan fingerprint density at radius 3 is 2.57 bits per heavy atom. The standard InChI is InChI=1S/C23H23N3O2/c27-23(17-28-20-9-5-2-6-10-20)25-22-14-24-13-19-16-26(12-11-21(19)22)15-18-7-3-1-4-8-18/h1-10,13-14H,11-12,15-17H2,(H,25,27). The SMILES string of the molecule is O=C(COc1ccccc1)Nc1cncc2c1CCN(Cc1ccccc1)C2. The zero-order valence-corrected chi connectivity index (χ0v) is 15.7. The van der Waals surface area contributed by atoms with Crippen LogP contribution in [0.15, 0.2) is 73.1 Å². The van der Waals surface area contributed by atoms with Crippen LogP contribution in [0.5, 0.6) is 5.75 Å². The first-order valence-electron chi connectivity index (χ1n) is 9.47. The lowest BCUT2D eigenvalue weighted by atomic mass is 9.99. The first kappa shape index (κ1) is 18.2. The molecule has 1 aromatic heterocycles. The van der Waals surface area contributed by atoms with Gasteiger partial charge < -0.3 is 10.1 Å². The molecule has 0 radical (unpaired) electrons. The van der Waals surface area contributed by atoms with Crippen molar-refractivity contribution in [3.63, 3.8) is 0 Å². The molecule has 0 bridgehead atoms. The summed E-state index contributed by atoms with van der Waals surface area (Å²) in [5.41, 5.74) is 4.44.